The number of carbonyl (C=O) groups is 1. The highest BCUT2D eigenvalue weighted by Gasteiger charge is 2.46. The van der Waals surface area contributed by atoms with E-state index in [1.807, 2.05) is 18.2 Å². The van der Waals surface area contributed by atoms with Crippen LogP contribution in [0.15, 0.2) is 24.3 Å². The second-order valence-electron chi connectivity index (χ2n) is 7.05. The molecular formula is C20H32O5. The lowest BCUT2D eigenvalue weighted by Gasteiger charge is -2.49. The number of aliphatic carboxylic acids is 1. The van der Waals surface area contributed by atoms with Gasteiger partial charge in [0.2, 0.25) is 0 Å². The van der Waals surface area contributed by atoms with E-state index in [4.69, 9.17) is 14.6 Å². The van der Waals surface area contributed by atoms with Crippen molar-refractivity contribution in [2.24, 2.45) is 5.92 Å². The van der Waals surface area contributed by atoms with Crippen molar-refractivity contribution in [3.63, 3.8) is 0 Å². The van der Waals surface area contributed by atoms with E-state index in [2.05, 4.69) is 13.0 Å². The third-order valence-electron chi connectivity index (χ3n) is 4.92. The molecule has 2 bridgehead atoms. The smallest absolute Gasteiger partial charge is 0.303 e. The Morgan fingerprint density at radius 2 is 2.04 bits per heavy atom. The fourth-order valence-corrected chi connectivity index (χ4v) is 3.38. The molecule has 142 valence electrons. The van der Waals surface area contributed by atoms with Gasteiger partial charge in [-0.05, 0) is 25.7 Å². The summed E-state index contributed by atoms with van der Waals surface area (Å²) < 4.78 is 11.6. The van der Waals surface area contributed by atoms with Crippen LogP contribution >= 0.6 is 0 Å². The Labute approximate surface area is 150 Å². The fraction of sp³-hybridized carbons (Fsp3) is 0.750. The van der Waals surface area contributed by atoms with Crippen molar-refractivity contribution in [3.8, 4) is 0 Å². The number of unbranched alkanes of at least 4 members (excludes halogenated alkanes) is 3. The number of hydrogen-bond acceptors (Lipinski definition) is 4. The minimum atomic E-state index is -0.745. The lowest BCUT2D eigenvalue weighted by molar-refractivity contribution is -0.337. The van der Waals surface area contributed by atoms with E-state index in [-0.39, 0.29) is 30.8 Å². The molecule has 0 spiro atoms. The van der Waals surface area contributed by atoms with Gasteiger partial charge >= 0.3 is 5.97 Å². The van der Waals surface area contributed by atoms with Gasteiger partial charge in [-0.1, -0.05) is 50.5 Å². The average molecular weight is 352 g/mol. The van der Waals surface area contributed by atoms with Gasteiger partial charge in [-0.15, -0.1) is 0 Å². The zero-order valence-electron chi connectivity index (χ0n) is 15.2. The van der Waals surface area contributed by atoms with Gasteiger partial charge in [-0.25, -0.2) is 0 Å². The van der Waals surface area contributed by atoms with Crippen LogP contribution in [0.4, 0.5) is 0 Å². The predicted molar refractivity (Wildman–Crippen MR) is 96.2 cm³/mol. The maximum Gasteiger partial charge on any atom is 0.303 e. The largest absolute Gasteiger partial charge is 0.481 e. The zero-order chi connectivity index (χ0) is 18.1. The monoisotopic (exact) mass is 352 g/mol. The molecule has 0 amide bonds. The molecule has 5 heteroatoms. The summed E-state index contributed by atoms with van der Waals surface area (Å²) in [5.41, 5.74) is 0. The summed E-state index contributed by atoms with van der Waals surface area (Å²) in [5, 5.41) is 18.7. The lowest BCUT2D eigenvalue weighted by Crippen LogP contribution is -2.55. The van der Waals surface area contributed by atoms with Crippen LogP contribution in [0.2, 0.25) is 0 Å². The second kappa shape index (κ2) is 10.7. The van der Waals surface area contributed by atoms with E-state index >= 15 is 0 Å². The number of aliphatic hydroxyl groups is 1. The summed E-state index contributed by atoms with van der Waals surface area (Å²) in [6.45, 7) is 2.16. The Morgan fingerprint density at radius 3 is 2.76 bits per heavy atom. The van der Waals surface area contributed by atoms with Crippen LogP contribution in [0.1, 0.15) is 64.7 Å². The van der Waals surface area contributed by atoms with Gasteiger partial charge in [0.15, 0.2) is 6.29 Å². The standard InChI is InChI=1S/C20H32O5/c1-2-3-6-9-15(21)12-13-17-16(18-14-20(24-17)25-18)10-7-4-5-8-11-19(22)23/h4,7,12-13,15-18,20-21H,2-3,5-6,8-11,14H2,1H3,(H,22,23)/t15-,16+,17+,18-,20+/m0/s1. The van der Waals surface area contributed by atoms with E-state index in [9.17, 15) is 9.90 Å². The van der Waals surface area contributed by atoms with Gasteiger partial charge in [0, 0.05) is 18.8 Å². The van der Waals surface area contributed by atoms with Crippen LogP contribution in [-0.2, 0) is 14.3 Å². The number of hydrogen-bond donors (Lipinski definition) is 2. The van der Waals surface area contributed by atoms with Gasteiger partial charge in [0.25, 0.3) is 0 Å². The Morgan fingerprint density at radius 1 is 1.24 bits per heavy atom. The summed E-state index contributed by atoms with van der Waals surface area (Å²) in [6.07, 6.45) is 15.4. The molecule has 0 unspecified atom stereocenters. The molecule has 2 N–H and O–H groups in total. The maximum atomic E-state index is 10.5. The molecule has 3 aliphatic heterocycles. The molecule has 0 radical (unpaired) electrons. The van der Waals surface area contributed by atoms with Crippen molar-refractivity contribution in [1.82, 2.24) is 0 Å². The van der Waals surface area contributed by atoms with E-state index < -0.39 is 12.1 Å². The van der Waals surface area contributed by atoms with Gasteiger partial charge in [0.05, 0.1) is 18.3 Å². The Balaban J connectivity index is 1.76. The minimum Gasteiger partial charge on any atom is -0.481 e. The predicted octanol–water partition coefficient (Wildman–Crippen LogP) is 3.82. The molecule has 3 rings (SSSR count). The van der Waals surface area contributed by atoms with Crippen LogP contribution < -0.4 is 0 Å². The number of carboxylic acid groups (broad SMARTS) is 1. The van der Waals surface area contributed by atoms with Crippen molar-refractivity contribution in [1.29, 1.82) is 0 Å². The molecule has 0 aromatic rings. The molecule has 3 heterocycles. The summed E-state index contributed by atoms with van der Waals surface area (Å²) in [6, 6.07) is 0. The number of fused-ring (bicyclic) bond motifs is 2. The lowest BCUT2D eigenvalue weighted by atomic mass is 9.84. The maximum absolute atomic E-state index is 10.5. The van der Waals surface area contributed by atoms with E-state index in [1.165, 1.54) is 0 Å². The summed E-state index contributed by atoms with van der Waals surface area (Å²) in [5.74, 6) is -0.481. The van der Waals surface area contributed by atoms with E-state index in [1.54, 1.807) is 0 Å². The number of carboxylic acids is 1. The normalized spacial score (nSPS) is 29.8. The first-order valence-corrected chi connectivity index (χ1v) is 9.64. The summed E-state index contributed by atoms with van der Waals surface area (Å²) in [7, 11) is 0. The summed E-state index contributed by atoms with van der Waals surface area (Å²) in [4.78, 5) is 10.5. The Hall–Kier alpha value is -1.17. The Kier molecular flexibility index (Phi) is 8.65. The molecule has 25 heavy (non-hydrogen) atoms. The van der Waals surface area contributed by atoms with Crippen LogP contribution in [0, 0.1) is 5.92 Å². The quantitative estimate of drug-likeness (QED) is 0.412. The number of ether oxygens (including phenoxy) is 2. The third kappa shape index (κ3) is 6.92. The molecule has 0 saturated carbocycles. The van der Waals surface area contributed by atoms with Crippen molar-refractivity contribution < 1.29 is 24.5 Å². The van der Waals surface area contributed by atoms with E-state index in [0.29, 0.717) is 6.42 Å². The number of rotatable bonds is 12. The summed E-state index contributed by atoms with van der Waals surface area (Å²) >= 11 is 0. The fourth-order valence-electron chi connectivity index (χ4n) is 3.38. The van der Waals surface area contributed by atoms with Gasteiger partial charge in [0.1, 0.15) is 0 Å². The molecule has 5 nitrogen and oxygen atoms in total. The zero-order valence-corrected chi connectivity index (χ0v) is 15.2. The molecular weight excluding hydrogens is 320 g/mol. The Bertz CT molecular complexity index is 453. The SMILES string of the molecule is CCCCC[C@H](O)C=C[C@H]1O[C@H]2C[C@H](O2)[C@@H]1CC=CCCCC(=O)O. The topological polar surface area (TPSA) is 76.0 Å². The third-order valence-corrected chi connectivity index (χ3v) is 4.92. The minimum absolute atomic E-state index is 0.0120. The highest BCUT2D eigenvalue weighted by atomic mass is 16.7. The van der Waals surface area contributed by atoms with Crippen molar-refractivity contribution in [3.05, 3.63) is 24.3 Å². The highest BCUT2D eigenvalue weighted by molar-refractivity contribution is 5.66. The molecule has 3 aliphatic rings. The van der Waals surface area contributed by atoms with Crippen molar-refractivity contribution >= 4 is 5.97 Å². The van der Waals surface area contributed by atoms with Gasteiger partial charge < -0.3 is 19.7 Å². The van der Waals surface area contributed by atoms with E-state index in [0.717, 1.165) is 44.9 Å². The van der Waals surface area contributed by atoms with Crippen molar-refractivity contribution in [2.45, 2.75) is 89.3 Å². The molecule has 0 aliphatic carbocycles. The number of allylic oxidation sites excluding steroid dienone is 2. The molecule has 0 aromatic heterocycles. The van der Waals surface area contributed by atoms with Crippen molar-refractivity contribution in [2.75, 3.05) is 0 Å². The first-order chi connectivity index (χ1) is 12.1. The molecule has 3 fully saturated rings. The van der Waals surface area contributed by atoms with Crippen LogP contribution in [0.3, 0.4) is 0 Å². The molecule has 5 atom stereocenters. The number of aliphatic hydroxyl groups excluding tert-OH is 1. The van der Waals surface area contributed by atoms with Gasteiger partial charge in [-0.3, -0.25) is 4.79 Å². The van der Waals surface area contributed by atoms with Crippen LogP contribution in [0.5, 0.6) is 0 Å². The second-order valence-corrected chi connectivity index (χ2v) is 7.05. The molecule has 3 saturated heterocycles. The first-order valence-electron chi connectivity index (χ1n) is 9.64. The average Bonchev–Trinajstić information content (AvgIpc) is 2.55. The van der Waals surface area contributed by atoms with Crippen LogP contribution in [-0.4, -0.2) is 40.8 Å². The van der Waals surface area contributed by atoms with Crippen LogP contribution in [0.25, 0.3) is 0 Å². The molecule has 0 aromatic carbocycles. The highest BCUT2D eigenvalue weighted by Crippen LogP contribution is 2.40. The van der Waals surface area contributed by atoms with Gasteiger partial charge in [-0.2, -0.15) is 0 Å². The first kappa shape index (κ1) is 20.1.